The minimum atomic E-state index is -0.445. The highest BCUT2D eigenvalue weighted by Crippen LogP contribution is 2.38. The maximum absolute atomic E-state index is 13.2. The maximum Gasteiger partial charge on any atom is 0.228 e. The fourth-order valence-corrected chi connectivity index (χ4v) is 4.04. The molecule has 130 valence electrons. The summed E-state index contributed by atoms with van der Waals surface area (Å²) in [5.74, 6) is -0.370. The molecule has 4 nitrogen and oxygen atoms in total. The van der Waals surface area contributed by atoms with E-state index in [0.29, 0.717) is 25.2 Å². The summed E-state index contributed by atoms with van der Waals surface area (Å²) in [4.78, 5) is 14.9. The average molecular weight is 340 g/mol. The van der Waals surface area contributed by atoms with E-state index in [9.17, 15) is 14.3 Å². The summed E-state index contributed by atoms with van der Waals surface area (Å²) in [6.07, 6.45) is 1.52. The summed E-state index contributed by atoms with van der Waals surface area (Å²) in [6.45, 7) is 2.52. The van der Waals surface area contributed by atoms with Crippen LogP contribution in [0.3, 0.4) is 0 Å². The van der Waals surface area contributed by atoms with Crippen molar-refractivity contribution in [1.29, 1.82) is 0 Å². The summed E-state index contributed by atoms with van der Waals surface area (Å²) in [6, 6.07) is 12.3. The molecular formula is C20H21FN2O2. The second kappa shape index (κ2) is 6.15. The van der Waals surface area contributed by atoms with E-state index in [4.69, 9.17) is 0 Å². The molecule has 2 aliphatic rings. The van der Waals surface area contributed by atoms with Crippen molar-refractivity contribution in [2.75, 3.05) is 13.1 Å². The normalized spacial score (nSPS) is 23.3. The molecule has 2 heterocycles. The van der Waals surface area contributed by atoms with E-state index < -0.39 is 11.2 Å². The van der Waals surface area contributed by atoms with E-state index in [1.54, 1.807) is 6.07 Å². The number of phenolic OH excluding ortho intramolecular Hbond substituents is 1. The first-order valence-electron chi connectivity index (χ1n) is 8.61. The summed E-state index contributed by atoms with van der Waals surface area (Å²) in [7, 11) is 0. The van der Waals surface area contributed by atoms with E-state index in [2.05, 4.69) is 22.3 Å². The third-order valence-electron chi connectivity index (χ3n) is 5.44. The van der Waals surface area contributed by atoms with Crippen molar-refractivity contribution in [3.8, 4) is 5.75 Å². The van der Waals surface area contributed by atoms with Crippen LogP contribution >= 0.6 is 0 Å². The Morgan fingerprint density at radius 1 is 1.20 bits per heavy atom. The minimum Gasteiger partial charge on any atom is -0.508 e. The van der Waals surface area contributed by atoms with Crippen molar-refractivity contribution >= 4 is 5.91 Å². The summed E-state index contributed by atoms with van der Waals surface area (Å²) < 4.78 is 13.2. The standard InChI is InChI=1S/C20H21FN2O2/c21-17-6-5-16(18(24)9-17)12-23-8-7-20(13-23)10-14-3-1-2-4-15(14)11-22-19(20)25/h1-6,9,24H,7-8,10-13H2,(H,22,25). The van der Waals surface area contributed by atoms with Crippen molar-refractivity contribution in [3.05, 3.63) is 65.0 Å². The molecule has 0 aromatic heterocycles. The van der Waals surface area contributed by atoms with Crippen LogP contribution in [0.1, 0.15) is 23.1 Å². The van der Waals surface area contributed by atoms with Gasteiger partial charge in [0.25, 0.3) is 0 Å². The monoisotopic (exact) mass is 340 g/mol. The number of likely N-dealkylation sites (tertiary alicyclic amines) is 1. The molecule has 1 amide bonds. The molecular weight excluding hydrogens is 319 g/mol. The fraction of sp³-hybridized carbons (Fsp3) is 0.350. The number of hydrogen-bond donors (Lipinski definition) is 2. The molecule has 2 aliphatic heterocycles. The molecule has 0 saturated carbocycles. The first-order chi connectivity index (χ1) is 12.1. The third-order valence-corrected chi connectivity index (χ3v) is 5.44. The molecule has 2 aromatic rings. The number of carbonyl (C=O) groups excluding carboxylic acids is 1. The Balaban J connectivity index is 1.55. The van der Waals surface area contributed by atoms with Crippen LogP contribution in [-0.4, -0.2) is 29.0 Å². The highest BCUT2D eigenvalue weighted by molar-refractivity contribution is 5.84. The number of nitrogens with zero attached hydrogens (tertiary/aromatic N) is 1. The fourth-order valence-electron chi connectivity index (χ4n) is 4.04. The van der Waals surface area contributed by atoms with Gasteiger partial charge in [-0.2, -0.15) is 0 Å². The molecule has 1 fully saturated rings. The Bertz CT molecular complexity index is 823. The molecule has 1 saturated heterocycles. The van der Waals surface area contributed by atoms with Gasteiger partial charge >= 0.3 is 0 Å². The van der Waals surface area contributed by atoms with Gasteiger partial charge in [0.05, 0.1) is 5.41 Å². The molecule has 2 N–H and O–H groups in total. The smallest absolute Gasteiger partial charge is 0.228 e. The van der Waals surface area contributed by atoms with Crippen molar-refractivity contribution in [2.24, 2.45) is 5.41 Å². The van der Waals surface area contributed by atoms with Gasteiger partial charge in [0.2, 0.25) is 5.91 Å². The Morgan fingerprint density at radius 3 is 2.80 bits per heavy atom. The number of amides is 1. The zero-order valence-corrected chi connectivity index (χ0v) is 14.0. The molecule has 1 atom stereocenters. The van der Waals surface area contributed by atoms with Crippen LogP contribution in [0.15, 0.2) is 42.5 Å². The molecule has 25 heavy (non-hydrogen) atoms. The number of hydrogen-bond acceptors (Lipinski definition) is 3. The number of aromatic hydroxyl groups is 1. The van der Waals surface area contributed by atoms with Crippen molar-refractivity contribution in [1.82, 2.24) is 10.2 Å². The molecule has 1 unspecified atom stereocenters. The Hall–Kier alpha value is -2.40. The molecule has 5 heteroatoms. The second-order valence-electron chi connectivity index (χ2n) is 7.14. The molecule has 0 aliphatic carbocycles. The maximum atomic E-state index is 13.2. The summed E-state index contributed by atoms with van der Waals surface area (Å²) >= 11 is 0. The summed E-state index contributed by atoms with van der Waals surface area (Å²) in [5.41, 5.74) is 2.67. The first-order valence-corrected chi connectivity index (χ1v) is 8.61. The van der Waals surface area contributed by atoms with Gasteiger partial charge in [0.15, 0.2) is 0 Å². The van der Waals surface area contributed by atoms with Gasteiger partial charge in [-0.05, 0) is 36.6 Å². The van der Waals surface area contributed by atoms with Crippen LogP contribution in [0.4, 0.5) is 4.39 Å². The molecule has 2 aromatic carbocycles. The zero-order valence-electron chi connectivity index (χ0n) is 14.0. The molecule has 4 rings (SSSR count). The van der Waals surface area contributed by atoms with Crippen LogP contribution in [-0.2, 0) is 24.3 Å². The first kappa shape index (κ1) is 16.1. The van der Waals surface area contributed by atoms with E-state index in [1.807, 2.05) is 12.1 Å². The Kier molecular flexibility index (Phi) is 3.96. The SMILES string of the molecule is O=C1NCc2ccccc2CC12CCN(Cc1ccc(F)cc1O)C2. The molecule has 0 bridgehead atoms. The third kappa shape index (κ3) is 3.00. The lowest BCUT2D eigenvalue weighted by molar-refractivity contribution is -0.130. The number of carbonyl (C=O) groups is 1. The molecule has 0 radical (unpaired) electrons. The van der Waals surface area contributed by atoms with Gasteiger partial charge in [0, 0.05) is 31.3 Å². The predicted octanol–water partition coefficient (Wildman–Crippen LogP) is 2.60. The number of rotatable bonds is 2. The van der Waals surface area contributed by atoms with Gasteiger partial charge in [-0.3, -0.25) is 9.69 Å². The van der Waals surface area contributed by atoms with Crippen LogP contribution in [0.25, 0.3) is 0 Å². The lowest BCUT2D eigenvalue weighted by atomic mass is 9.80. The van der Waals surface area contributed by atoms with Gasteiger partial charge in [-0.25, -0.2) is 4.39 Å². The highest BCUT2D eigenvalue weighted by Gasteiger charge is 2.45. The van der Waals surface area contributed by atoms with E-state index in [1.165, 1.54) is 17.2 Å². The topological polar surface area (TPSA) is 52.6 Å². The van der Waals surface area contributed by atoms with Crippen molar-refractivity contribution in [3.63, 3.8) is 0 Å². The van der Waals surface area contributed by atoms with Gasteiger partial charge in [-0.1, -0.05) is 30.3 Å². The Morgan fingerprint density at radius 2 is 2.00 bits per heavy atom. The predicted molar refractivity (Wildman–Crippen MR) is 92.4 cm³/mol. The van der Waals surface area contributed by atoms with Crippen molar-refractivity contribution in [2.45, 2.75) is 25.9 Å². The number of benzene rings is 2. The van der Waals surface area contributed by atoms with E-state index >= 15 is 0 Å². The highest BCUT2D eigenvalue weighted by atomic mass is 19.1. The van der Waals surface area contributed by atoms with Crippen LogP contribution < -0.4 is 5.32 Å². The van der Waals surface area contributed by atoms with E-state index in [0.717, 1.165) is 25.5 Å². The molecule has 1 spiro atoms. The van der Waals surface area contributed by atoms with E-state index in [-0.39, 0.29) is 11.7 Å². The van der Waals surface area contributed by atoms with Crippen LogP contribution in [0.5, 0.6) is 5.75 Å². The van der Waals surface area contributed by atoms with Crippen molar-refractivity contribution < 1.29 is 14.3 Å². The van der Waals surface area contributed by atoms with Crippen LogP contribution in [0.2, 0.25) is 0 Å². The largest absolute Gasteiger partial charge is 0.508 e. The number of nitrogens with one attached hydrogen (secondary N) is 1. The second-order valence-corrected chi connectivity index (χ2v) is 7.14. The van der Waals surface area contributed by atoms with Crippen LogP contribution in [0, 0.1) is 11.2 Å². The number of fused-ring (bicyclic) bond motifs is 1. The number of phenols is 1. The quantitative estimate of drug-likeness (QED) is 0.884. The summed E-state index contributed by atoms with van der Waals surface area (Å²) in [5, 5.41) is 13.0. The lowest BCUT2D eigenvalue weighted by Crippen LogP contribution is -2.42. The van der Waals surface area contributed by atoms with Gasteiger partial charge in [-0.15, -0.1) is 0 Å². The number of halogens is 1. The zero-order chi connectivity index (χ0) is 17.4. The minimum absolute atomic E-state index is 0.0309. The van der Waals surface area contributed by atoms with Gasteiger partial charge in [0.1, 0.15) is 11.6 Å². The lowest BCUT2D eigenvalue weighted by Gasteiger charge is -2.26. The Labute approximate surface area is 146 Å². The average Bonchev–Trinajstić information content (AvgIpc) is 2.94. The van der Waals surface area contributed by atoms with Gasteiger partial charge < -0.3 is 10.4 Å².